The van der Waals surface area contributed by atoms with Gasteiger partial charge in [-0.05, 0) is 43.5 Å². The second-order valence-electron chi connectivity index (χ2n) is 4.45. The van der Waals surface area contributed by atoms with Gasteiger partial charge in [-0.1, -0.05) is 36.8 Å². The molecule has 18 heavy (non-hydrogen) atoms. The summed E-state index contributed by atoms with van der Waals surface area (Å²) < 4.78 is 5.64. The summed E-state index contributed by atoms with van der Waals surface area (Å²) >= 11 is 5.10. The van der Waals surface area contributed by atoms with Crippen LogP contribution in [0, 0.1) is 0 Å². The molecule has 2 rings (SSSR count). The van der Waals surface area contributed by atoms with Gasteiger partial charge in [0.25, 0.3) is 5.17 Å². The molecule has 0 bridgehead atoms. The molecule has 1 fully saturated rings. The van der Waals surface area contributed by atoms with Gasteiger partial charge in [-0.15, -0.1) is 0 Å². The van der Waals surface area contributed by atoms with E-state index in [1.54, 1.807) is 6.21 Å². The van der Waals surface area contributed by atoms with Crippen LogP contribution in [0.3, 0.4) is 0 Å². The lowest BCUT2D eigenvalue weighted by atomic mass is 9.98. The number of thiocarbonyl (C=S) groups is 1. The fourth-order valence-electron chi connectivity index (χ4n) is 2.06. The van der Waals surface area contributed by atoms with E-state index in [1.165, 1.54) is 19.3 Å². The minimum Gasteiger partial charge on any atom is -0.467 e. The van der Waals surface area contributed by atoms with E-state index >= 15 is 0 Å². The lowest BCUT2D eigenvalue weighted by Gasteiger charge is -2.22. The average Bonchev–Trinajstić information content (AvgIpc) is 2.41. The molecule has 3 nitrogen and oxygen atoms in total. The molecule has 0 aliphatic heterocycles. The van der Waals surface area contributed by atoms with Crippen molar-refractivity contribution in [2.45, 2.75) is 38.2 Å². The number of hydrogen-bond donors (Lipinski definition) is 1. The first-order valence-electron chi connectivity index (χ1n) is 6.39. The highest BCUT2D eigenvalue weighted by Crippen LogP contribution is 2.20. The third kappa shape index (κ3) is 4.45. The Labute approximate surface area is 113 Å². The molecule has 1 aliphatic rings. The van der Waals surface area contributed by atoms with Crippen molar-refractivity contribution in [2.75, 3.05) is 0 Å². The zero-order chi connectivity index (χ0) is 12.6. The largest absolute Gasteiger partial charge is 0.467 e. The Morgan fingerprint density at radius 3 is 2.67 bits per heavy atom. The zero-order valence-corrected chi connectivity index (χ0v) is 11.2. The van der Waals surface area contributed by atoms with E-state index in [-0.39, 0.29) is 6.10 Å². The highest BCUT2D eigenvalue weighted by atomic mass is 32.1. The quantitative estimate of drug-likeness (QED) is 0.516. The Hall–Kier alpha value is -1.42. The first kappa shape index (κ1) is 13.0. The lowest BCUT2D eigenvalue weighted by molar-refractivity contribution is 0.141. The molecule has 0 unspecified atom stereocenters. The van der Waals surface area contributed by atoms with Gasteiger partial charge >= 0.3 is 0 Å². The maximum Gasteiger partial charge on any atom is 0.277 e. The van der Waals surface area contributed by atoms with Crippen LogP contribution >= 0.6 is 12.2 Å². The van der Waals surface area contributed by atoms with Gasteiger partial charge in [-0.2, -0.15) is 5.10 Å². The van der Waals surface area contributed by atoms with E-state index in [0.29, 0.717) is 5.17 Å². The van der Waals surface area contributed by atoms with Gasteiger partial charge < -0.3 is 4.74 Å². The number of hydrazone groups is 1. The van der Waals surface area contributed by atoms with Crippen molar-refractivity contribution in [3.05, 3.63) is 35.9 Å². The molecule has 0 saturated heterocycles. The second-order valence-corrected chi connectivity index (χ2v) is 4.82. The summed E-state index contributed by atoms with van der Waals surface area (Å²) in [7, 11) is 0. The summed E-state index contributed by atoms with van der Waals surface area (Å²) in [5, 5.41) is 4.44. The maximum absolute atomic E-state index is 5.64. The summed E-state index contributed by atoms with van der Waals surface area (Å²) in [4.78, 5) is 0. The Kier molecular flexibility index (Phi) is 5.15. The molecule has 1 aliphatic carbocycles. The van der Waals surface area contributed by atoms with Crippen molar-refractivity contribution in [3.8, 4) is 0 Å². The van der Waals surface area contributed by atoms with Crippen LogP contribution in [0.15, 0.2) is 35.4 Å². The Balaban J connectivity index is 1.72. The molecule has 4 heteroatoms. The average molecular weight is 262 g/mol. The highest BCUT2D eigenvalue weighted by molar-refractivity contribution is 7.80. The van der Waals surface area contributed by atoms with Crippen LogP contribution in [-0.2, 0) is 4.74 Å². The molecule has 0 radical (unpaired) electrons. The minimum atomic E-state index is 0.269. The fraction of sp³-hybridized carbons (Fsp3) is 0.429. The standard InChI is InChI=1S/C14H18N2OS/c18-14(17-13-9-5-2-6-10-13)16-15-11-12-7-3-1-4-8-12/h1,3-4,7-8,11,13H,2,5-6,9-10H2,(H,16,18). The Morgan fingerprint density at radius 1 is 1.22 bits per heavy atom. The number of ether oxygens (including phenoxy) is 1. The summed E-state index contributed by atoms with van der Waals surface area (Å²) in [6.07, 6.45) is 7.99. The van der Waals surface area contributed by atoms with Crippen LogP contribution in [0.1, 0.15) is 37.7 Å². The normalized spacial score (nSPS) is 16.7. The molecular formula is C14H18N2OS. The molecule has 0 amide bonds. The summed E-state index contributed by atoms with van der Waals surface area (Å²) in [5.74, 6) is 0. The fourth-order valence-corrected chi connectivity index (χ4v) is 2.25. The van der Waals surface area contributed by atoms with Crippen molar-refractivity contribution in [1.82, 2.24) is 5.43 Å². The Morgan fingerprint density at radius 2 is 1.94 bits per heavy atom. The molecule has 1 N–H and O–H groups in total. The molecule has 0 heterocycles. The first-order valence-corrected chi connectivity index (χ1v) is 6.80. The minimum absolute atomic E-state index is 0.269. The van der Waals surface area contributed by atoms with E-state index in [9.17, 15) is 0 Å². The van der Waals surface area contributed by atoms with Crippen LogP contribution < -0.4 is 5.43 Å². The van der Waals surface area contributed by atoms with E-state index in [2.05, 4.69) is 10.5 Å². The van der Waals surface area contributed by atoms with Gasteiger partial charge in [0.05, 0.1) is 6.21 Å². The monoisotopic (exact) mass is 262 g/mol. The highest BCUT2D eigenvalue weighted by Gasteiger charge is 2.15. The molecule has 0 atom stereocenters. The molecular weight excluding hydrogens is 244 g/mol. The van der Waals surface area contributed by atoms with Gasteiger partial charge in [0.15, 0.2) is 0 Å². The van der Waals surface area contributed by atoms with Gasteiger partial charge in [0.1, 0.15) is 6.10 Å². The van der Waals surface area contributed by atoms with Crippen molar-refractivity contribution in [3.63, 3.8) is 0 Å². The zero-order valence-electron chi connectivity index (χ0n) is 10.3. The van der Waals surface area contributed by atoms with Crippen molar-refractivity contribution in [1.29, 1.82) is 0 Å². The van der Waals surface area contributed by atoms with Crippen LogP contribution in [0.2, 0.25) is 0 Å². The maximum atomic E-state index is 5.64. The van der Waals surface area contributed by atoms with Gasteiger partial charge in [-0.3, -0.25) is 0 Å². The summed E-state index contributed by atoms with van der Waals surface area (Å²) in [6, 6.07) is 9.88. The third-order valence-electron chi connectivity index (χ3n) is 2.99. The van der Waals surface area contributed by atoms with E-state index in [4.69, 9.17) is 17.0 Å². The Bertz CT molecular complexity index is 400. The number of rotatable bonds is 3. The van der Waals surface area contributed by atoms with Crippen LogP contribution in [0.25, 0.3) is 0 Å². The van der Waals surface area contributed by atoms with Gasteiger partial charge in [0.2, 0.25) is 0 Å². The number of hydrogen-bond acceptors (Lipinski definition) is 3. The predicted octanol–water partition coefficient (Wildman–Crippen LogP) is 3.24. The summed E-state index contributed by atoms with van der Waals surface area (Å²) in [6.45, 7) is 0. The van der Waals surface area contributed by atoms with E-state index in [1.807, 2.05) is 30.3 Å². The van der Waals surface area contributed by atoms with Crippen LogP contribution in [0.4, 0.5) is 0 Å². The topological polar surface area (TPSA) is 33.6 Å². The van der Waals surface area contributed by atoms with Crippen molar-refractivity contribution >= 4 is 23.6 Å². The third-order valence-corrected chi connectivity index (χ3v) is 3.18. The molecule has 1 aromatic rings. The van der Waals surface area contributed by atoms with Gasteiger partial charge in [0, 0.05) is 0 Å². The van der Waals surface area contributed by atoms with Crippen molar-refractivity contribution in [2.24, 2.45) is 5.10 Å². The summed E-state index contributed by atoms with van der Waals surface area (Å²) in [5.41, 5.74) is 3.79. The van der Waals surface area contributed by atoms with Crippen LogP contribution in [-0.4, -0.2) is 17.5 Å². The molecule has 1 saturated carbocycles. The molecule has 96 valence electrons. The number of nitrogens with zero attached hydrogens (tertiary/aromatic N) is 1. The lowest BCUT2D eigenvalue weighted by Crippen LogP contribution is -2.26. The van der Waals surface area contributed by atoms with E-state index in [0.717, 1.165) is 18.4 Å². The number of benzene rings is 1. The smallest absolute Gasteiger partial charge is 0.277 e. The van der Waals surface area contributed by atoms with Crippen molar-refractivity contribution < 1.29 is 4.74 Å². The second kappa shape index (κ2) is 7.11. The first-order chi connectivity index (χ1) is 8.84. The molecule has 0 aromatic heterocycles. The number of nitrogens with one attached hydrogen (secondary N) is 1. The van der Waals surface area contributed by atoms with Gasteiger partial charge in [-0.25, -0.2) is 5.43 Å². The molecule has 0 spiro atoms. The van der Waals surface area contributed by atoms with Crippen LogP contribution in [0.5, 0.6) is 0 Å². The predicted molar refractivity (Wildman–Crippen MR) is 77.7 cm³/mol. The SMILES string of the molecule is S=C(NN=Cc1ccccc1)OC1CCCCC1. The molecule has 1 aromatic carbocycles. The van der Waals surface area contributed by atoms with E-state index < -0.39 is 0 Å².